The number of amides is 2. The predicted octanol–water partition coefficient (Wildman–Crippen LogP) is 3.04. The van der Waals surface area contributed by atoms with Gasteiger partial charge in [0.1, 0.15) is 6.17 Å². The van der Waals surface area contributed by atoms with Crippen LogP contribution < -0.4 is 0 Å². The summed E-state index contributed by atoms with van der Waals surface area (Å²) >= 11 is 0. The first kappa shape index (κ1) is 18.0. The second kappa shape index (κ2) is 7.04. The lowest BCUT2D eigenvalue weighted by molar-refractivity contribution is -0.150. The molecule has 1 aromatic carbocycles. The molecule has 1 aromatic rings. The molecule has 1 saturated heterocycles. The van der Waals surface area contributed by atoms with E-state index in [1.165, 1.54) is 0 Å². The zero-order valence-corrected chi connectivity index (χ0v) is 14.8. The van der Waals surface area contributed by atoms with Gasteiger partial charge in [-0.3, -0.25) is 9.59 Å². The van der Waals surface area contributed by atoms with Crippen LogP contribution in [0.4, 0.5) is 0 Å². The molecule has 1 aliphatic rings. The average Bonchev–Trinajstić information content (AvgIpc) is 2.54. The Kier molecular flexibility index (Phi) is 5.28. The zero-order chi connectivity index (χ0) is 17.9. The van der Waals surface area contributed by atoms with Crippen LogP contribution in [0.1, 0.15) is 50.4 Å². The molecule has 24 heavy (non-hydrogen) atoms. The van der Waals surface area contributed by atoms with E-state index >= 15 is 0 Å². The highest BCUT2D eigenvalue weighted by molar-refractivity contribution is 5.96. The number of rotatable bonds is 3. The summed E-state index contributed by atoms with van der Waals surface area (Å²) in [6.07, 6.45) is 0.775. The van der Waals surface area contributed by atoms with Crippen molar-refractivity contribution in [3.63, 3.8) is 0 Å². The molecule has 0 saturated carbocycles. The summed E-state index contributed by atoms with van der Waals surface area (Å²) < 4.78 is 0. The molecule has 128 valence electrons. The molecule has 2 amide bonds. The Morgan fingerprint density at radius 3 is 2.46 bits per heavy atom. The second-order valence-electron chi connectivity index (χ2n) is 7.38. The largest absolute Gasteiger partial charge is 0.325 e. The molecular formula is C19H25N3O2. The molecule has 1 fully saturated rings. The Morgan fingerprint density at radius 2 is 1.92 bits per heavy atom. The van der Waals surface area contributed by atoms with E-state index in [0.717, 1.165) is 0 Å². The minimum absolute atomic E-state index is 0.0231. The van der Waals surface area contributed by atoms with Crippen molar-refractivity contribution in [2.24, 2.45) is 5.41 Å². The third kappa shape index (κ3) is 3.59. The molecule has 1 heterocycles. The van der Waals surface area contributed by atoms with Crippen LogP contribution in [-0.2, 0) is 4.79 Å². The lowest BCUT2D eigenvalue weighted by atomic mass is 9.85. The molecule has 0 spiro atoms. The van der Waals surface area contributed by atoms with Gasteiger partial charge in [-0.15, -0.1) is 0 Å². The fourth-order valence-electron chi connectivity index (χ4n) is 3.44. The summed E-state index contributed by atoms with van der Waals surface area (Å²) in [6.45, 7) is 6.08. The van der Waals surface area contributed by atoms with Crippen molar-refractivity contribution < 1.29 is 9.59 Å². The van der Waals surface area contributed by atoms with Crippen molar-refractivity contribution in [3.8, 4) is 6.07 Å². The maximum Gasteiger partial charge on any atom is 0.255 e. The fraction of sp³-hybridized carbons (Fsp3) is 0.526. The number of nitrogens with zero attached hydrogens (tertiary/aromatic N) is 3. The number of hydrogen-bond donors (Lipinski definition) is 0. The van der Waals surface area contributed by atoms with Crippen molar-refractivity contribution in [3.05, 3.63) is 35.9 Å². The van der Waals surface area contributed by atoms with Gasteiger partial charge in [-0.25, -0.2) is 0 Å². The lowest BCUT2D eigenvalue weighted by Crippen LogP contribution is -2.65. The molecule has 0 bridgehead atoms. The number of benzene rings is 1. The first-order chi connectivity index (χ1) is 11.3. The van der Waals surface area contributed by atoms with Gasteiger partial charge in [0.05, 0.1) is 6.07 Å². The van der Waals surface area contributed by atoms with E-state index in [2.05, 4.69) is 6.07 Å². The van der Waals surface area contributed by atoms with Crippen LogP contribution in [0.15, 0.2) is 30.3 Å². The van der Waals surface area contributed by atoms with Gasteiger partial charge in [-0.1, -0.05) is 39.0 Å². The van der Waals surface area contributed by atoms with Gasteiger partial charge in [0.15, 0.2) is 0 Å². The minimum atomic E-state index is -0.338. The molecule has 2 atom stereocenters. The van der Waals surface area contributed by atoms with Gasteiger partial charge in [-0.2, -0.15) is 5.26 Å². The van der Waals surface area contributed by atoms with Crippen molar-refractivity contribution in [2.75, 3.05) is 7.05 Å². The van der Waals surface area contributed by atoms with Gasteiger partial charge in [0, 0.05) is 36.9 Å². The molecule has 1 aliphatic heterocycles. The van der Waals surface area contributed by atoms with E-state index in [-0.39, 0.29) is 35.9 Å². The van der Waals surface area contributed by atoms with Crippen LogP contribution in [0.25, 0.3) is 0 Å². The topological polar surface area (TPSA) is 64.4 Å². The third-order valence-electron chi connectivity index (χ3n) is 4.45. The number of carbonyl (C=O) groups excluding carboxylic acids is 2. The Morgan fingerprint density at radius 1 is 1.29 bits per heavy atom. The molecule has 2 rings (SSSR count). The van der Waals surface area contributed by atoms with Gasteiger partial charge < -0.3 is 9.80 Å². The molecule has 0 N–H and O–H groups in total. The van der Waals surface area contributed by atoms with Crippen LogP contribution in [-0.4, -0.2) is 40.9 Å². The highest BCUT2D eigenvalue weighted by Gasteiger charge is 2.46. The van der Waals surface area contributed by atoms with Crippen molar-refractivity contribution >= 4 is 11.8 Å². The van der Waals surface area contributed by atoms with Crippen LogP contribution in [0.5, 0.6) is 0 Å². The first-order valence-electron chi connectivity index (χ1n) is 8.27. The molecule has 5 heteroatoms. The summed E-state index contributed by atoms with van der Waals surface area (Å²) in [6, 6.07) is 11.0. The second-order valence-corrected chi connectivity index (χ2v) is 7.38. The standard InChI is InChI=1S/C19H25N3O2/c1-19(2,3)18-21(4)16(23)13-15(11-8-12-20)22(18)17(24)14-9-6-5-7-10-14/h5-7,9-10,15,18H,8,11,13H2,1-4H3/t15-,18-/m0/s1. The summed E-state index contributed by atoms with van der Waals surface area (Å²) in [5.41, 5.74) is 0.316. The molecule has 0 aliphatic carbocycles. The molecule has 0 aromatic heterocycles. The average molecular weight is 327 g/mol. The Hall–Kier alpha value is -2.35. The smallest absolute Gasteiger partial charge is 0.255 e. The van der Waals surface area contributed by atoms with Gasteiger partial charge >= 0.3 is 0 Å². The Labute approximate surface area is 143 Å². The van der Waals surface area contributed by atoms with E-state index in [1.807, 2.05) is 43.9 Å². The maximum atomic E-state index is 13.2. The van der Waals surface area contributed by atoms with E-state index in [0.29, 0.717) is 18.4 Å². The number of carbonyl (C=O) groups is 2. The highest BCUT2D eigenvalue weighted by atomic mass is 16.2. The monoisotopic (exact) mass is 327 g/mol. The van der Waals surface area contributed by atoms with E-state index in [1.54, 1.807) is 24.1 Å². The van der Waals surface area contributed by atoms with Gasteiger partial charge in [0.2, 0.25) is 5.91 Å². The molecule has 0 radical (unpaired) electrons. The van der Waals surface area contributed by atoms with Gasteiger partial charge in [-0.05, 0) is 18.6 Å². The fourth-order valence-corrected chi connectivity index (χ4v) is 3.44. The van der Waals surface area contributed by atoms with Gasteiger partial charge in [0.25, 0.3) is 5.91 Å². The van der Waals surface area contributed by atoms with Crippen LogP contribution in [0, 0.1) is 16.7 Å². The minimum Gasteiger partial charge on any atom is -0.325 e. The summed E-state index contributed by atoms with van der Waals surface area (Å²) in [7, 11) is 1.75. The van der Waals surface area contributed by atoms with E-state index < -0.39 is 0 Å². The normalized spacial score (nSPS) is 21.5. The van der Waals surface area contributed by atoms with Crippen LogP contribution in [0.2, 0.25) is 0 Å². The molecular weight excluding hydrogens is 302 g/mol. The molecule has 0 unspecified atom stereocenters. The zero-order valence-electron chi connectivity index (χ0n) is 14.8. The summed E-state index contributed by atoms with van der Waals surface area (Å²) in [4.78, 5) is 29.1. The quantitative estimate of drug-likeness (QED) is 0.857. The van der Waals surface area contributed by atoms with Crippen molar-refractivity contribution in [1.82, 2.24) is 9.80 Å². The van der Waals surface area contributed by atoms with Crippen molar-refractivity contribution in [2.45, 2.75) is 52.2 Å². The first-order valence-corrected chi connectivity index (χ1v) is 8.27. The lowest BCUT2D eigenvalue weighted by Gasteiger charge is -2.52. The van der Waals surface area contributed by atoms with Crippen molar-refractivity contribution in [1.29, 1.82) is 5.26 Å². The Balaban J connectivity index is 2.46. The van der Waals surface area contributed by atoms with E-state index in [4.69, 9.17) is 5.26 Å². The number of nitriles is 1. The third-order valence-corrected chi connectivity index (χ3v) is 4.45. The predicted molar refractivity (Wildman–Crippen MR) is 91.9 cm³/mol. The van der Waals surface area contributed by atoms with Crippen LogP contribution >= 0.6 is 0 Å². The SMILES string of the molecule is CN1C(=O)C[C@H](CCC#N)N(C(=O)c2ccccc2)[C@H]1C(C)(C)C. The summed E-state index contributed by atoms with van der Waals surface area (Å²) in [5.74, 6) is -0.0622. The summed E-state index contributed by atoms with van der Waals surface area (Å²) in [5, 5.41) is 8.93. The molecule has 5 nitrogen and oxygen atoms in total. The maximum absolute atomic E-state index is 13.2. The highest BCUT2D eigenvalue weighted by Crippen LogP contribution is 2.35. The number of hydrogen-bond acceptors (Lipinski definition) is 3. The van der Waals surface area contributed by atoms with Crippen LogP contribution in [0.3, 0.4) is 0 Å². The Bertz CT molecular complexity index is 643. The van der Waals surface area contributed by atoms with E-state index in [9.17, 15) is 9.59 Å².